The molecule has 3 heterocycles. The van der Waals surface area contributed by atoms with Crippen LogP contribution < -0.4 is 0 Å². The molecule has 0 radical (unpaired) electrons. The molecule has 0 atom stereocenters. The summed E-state index contributed by atoms with van der Waals surface area (Å²) in [5.74, 6) is 1.91. The molecule has 0 unspecified atom stereocenters. The minimum Gasteiger partial charge on any atom is -0.456 e. The Labute approximate surface area is 333 Å². The first kappa shape index (κ1) is 32.4. The molecule has 12 rings (SSSR count). The molecule has 12 aromatic rings. The summed E-state index contributed by atoms with van der Waals surface area (Å²) in [5.41, 5.74) is 10.3. The summed E-state index contributed by atoms with van der Waals surface area (Å²) in [6.07, 6.45) is 0. The second-order valence-electron chi connectivity index (χ2n) is 14.8. The Morgan fingerprint density at radius 3 is 1.69 bits per heavy atom. The second-order valence-corrected chi connectivity index (χ2v) is 14.8. The van der Waals surface area contributed by atoms with Gasteiger partial charge in [0.2, 0.25) is 0 Å². The van der Waals surface area contributed by atoms with Crippen LogP contribution in [0, 0.1) is 0 Å². The Balaban J connectivity index is 1.03. The third kappa shape index (κ3) is 5.14. The number of benzene rings is 9. The van der Waals surface area contributed by atoms with Crippen LogP contribution in [-0.4, -0.2) is 19.5 Å². The second kappa shape index (κ2) is 12.8. The van der Waals surface area contributed by atoms with Gasteiger partial charge in [-0.05, 0) is 87.3 Å². The van der Waals surface area contributed by atoms with E-state index >= 15 is 0 Å². The fraction of sp³-hybridized carbons (Fsp3) is 0. The van der Waals surface area contributed by atoms with Gasteiger partial charge in [-0.25, -0.2) is 15.0 Å². The van der Waals surface area contributed by atoms with Gasteiger partial charge in [0.15, 0.2) is 17.5 Å². The lowest BCUT2D eigenvalue weighted by Crippen LogP contribution is -2.01. The van der Waals surface area contributed by atoms with E-state index in [2.05, 4.69) is 126 Å². The molecule has 9 aromatic carbocycles. The summed E-state index contributed by atoms with van der Waals surface area (Å²) in [6.45, 7) is 0. The first-order valence-corrected chi connectivity index (χ1v) is 19.5. The normalized spacial score (nSPS) is 11.8. The van der Waals surface area contributed by atoms with Gasteiger partial charge < -0.3 is 8.98 Å². The summed E-state index contributed by atoms with van der Waals surface area (Å²) in [6, 6.07) is 68.2. The molecule has 5 nitrogen and oxygen atoms in total. The topological polar surface area (TPSA) is 56.7 Å². The highest BCUT2D eigenvalue weighted by molar-refractivity contribution is 6.20. The predicted octanol–water partition coefficient (Wildman–Crippen LogP) is 13.8. The van der Waals surface area contributed by atoms with E-state index in [1.165, 1.54) is 43.4 Å². The van der Waals surface area contributed by atoms with Crippen molar-refractivity contribution in [3.8, 4) is 51.0 Å². The summed E-state index contributed by atoms with van der Waals surface area (Å²) in [7, 11) is 0. The van der Waals surface area contributed by atoms with Crippen LogP contribution in [0.5, 0.6) is 0 Å². The Kier molecular flexibility index (Phi) is 7.16. The Bertz CT molecular complexity index is 3510. The first-order chi connectivity index (χ1) is 28.7. The molecule has 0 fully saturated rings. The van der Waals surface area contributed by atoms with Crippen LogP contribution in [0.15, 0.2) is 199 Å². The maximum atomic E-state index is 6.32. The summed E-state index contributed by atoms with van der Waals surface area (Å²) in [5, 5.41) is 9.45. The zero-order chi connectivity index (χ0) is 38.2. The molecule has 58 heavy (non-hydrogen) atoms. The van der Waals surface area contributed by atoms with Crippen molar-refractivity contribution in [2.45, 2.75) is 0 Å². The molecule has 0 spiro atoms. The van der Waals surface area contributed by atoms with Crippen LogP contribution in [0.25, 0.3) is 116 Å². The van der Waals surface area contributed by atoms with Crippen molar-refractivity contribution in [3.05, 3.63) is 194 Å². The van der Waals surface area contributed by atoms with Gasteiger partial charge in [0.05, 0.1) is 11.0 Å². The quantitative estimate of drug-likeness (QED) is 0.165. The molecule has 270 valence electrons. The minimum absolute atomic E-state index is 0.626. The molecule has 0 aliphatic heterocycles. The van der Waals surface area contributed by atoms with Gasteiger partial charge >= 0.3 is 0 Å². The van der Waals surface area contributed by atoms with E-state index in [4.69, 9.17) is 19.4 Å². The Morgan fingerprint density at radius 1 is 0.328 bits per heavy atom. The third-order valence-corrected chi connectivity index (χ3v) is 11.4. The molecule has 5 heteroatoms. The molecular formula is C53H32N4O. The summed E-state index contributed by atoms with van der Waals surface area (Å²) >= 11 is 0. The largest absolute Gasteiger partial charge is 0.456 e. The predicted molar refractivity (Wildman–Crippen MR) is 238 cm³/mol. The summed E-state index contributed by atoms with van der Waals surface area (Å²) < 4.78 is 8.68. The number of nitrogens with zero attached hydrogens (tertiary/aromatic N) is 4. The van der Waals surface area contributed by atoms with E-state index in [9.17, 15) is 0 Å². The minimum atomic E-state index is 0.626. The smallest absolute Gasteiger partial charge is 0.164 e. The SMILES string of the molecule is c1ccc(-c2nc(-c3ccccc3)nc(-c3cccc(-n4c5ccccc5c5cc(-c6cc7cc8c(cc7c7ccccc67)oc6ccccc68)ccc54)c3)n2)cc1. The van der Waals surface area contributed by atoms with Crippen molar-refractivity contribution in [1.29, 1.82) is 0 Å². The van der Waals surface area contributed by atoms with Gasteiger partial charge in [-0.2, -0.15) is 0 Å². The number of furan rings is 1. The number of aromatic nitrogens is 4. The number of fused-ring (bicyclic) bond motifs is 9. The lowest BCUT2D eigenvalue weighted by molar-refractivity contribution is 0.669. The van der Waals surface area contributed by atoms with Crippen LogP contribution in [0.3, 0.4) is 0 Å². The van der Waals surface area contributed by atoms with E-state index in [1.54, 1.807) is 0 Å². The molecule has 0 aliphatic rings. The average Bonchev–Trinajstić information content (AvgIpc) is 3.83. The van der Waals surface area contributed by atoms with Gasteiger partial charge in [-0.15, -0.1) is 0 Å². The number of hydrogen-bond acceptors (Lipinski definition) is 4. The van der Waals surface area contributed by atoms with Crippen LogP contribution in [0.1, 0.15) is 0 Å². The van der Waals surface area contributed by atoms with E-state index < -0.39 is 0 Å². The average molecular weight is 741 g/mol. The highest BCUT2D eigenvalue weighted by Gasteiger charge is 2.18. The number of para-hydroxylation sites is 2. The van der Waals surface area contributed by atoms with Crippen molar-refractivity contribution in [2.24, 2.45) is 0 Å². The number of hydrogen-bond donors (Lipinski definition) is 0. The van der Waals surface area contributed by atoms with Crippen molar-refractivity contribution in [2.75, 3.05) is 0 Å². The zero-order valence-electron chi connectivity index (χ0n) is 31.2. The van der Waals surface area contributed by atoms with Gasteiger partial charge in [-0.3, -0.25) is 0 Å². The van der Waals surface area contributed by atoms with Gasteiger partial charge in [0.1, 0.15) is 11.2 Å². The van der Waals surface area contributed by atoms with Gasteiger partial charge in [0.25, 0.3) is 0 Å². The van der Waals surface area contributed by atoms with Crippen molar-refractivity contribution >= 4 is 65.3 Å². The van der Waals surface area contributed by atoms with Crippen molar-refractivity contribution in [1.82, 2.24) is 19.5 Å². The molecular weight excluding hydrogens is 709 g/mol. The Hall–Kier alpha value is -7.89. The van der Waals surface area contributed by atoms with E-state index in [1.807, 2.05) is 72.8 Å². The van der Waals surface area contributed by atoms with Gasteiger partial charge in [0, 0.05) is 43.9 Å². The fourth-order valence-corrected chi connectivity index (χ4v) is 8.71. The molecule has 0 saturated carbocycles. The van der Waals surface area contributed by atoms with E-state index in [0.717, 1.165) is 55.3 Å². The fourth-order valence-electron chi connectivity index (χ4n) is 8.71. The molecule has 3 aromatic heterocycles. The summed E-state index contributed by atoms with van der Waals surface area (Å²) in [4.78, 5) is 15.0. The maximum Gasteiger partial charge on any atom is 0.164 e. The van der Waals surface area contributed by atoms with Crippen LogP contribution in [0.4, 0.5) is 0 Å². The lowest BCUT2D eigenvalue weighted by atomic mass is 9.92. The first-order valence-electron chi connectivity index (χ1n) is 19.5. The molecule has 0 amide bonds. The maximum absolute atomic E-state index is 6.32. The monoisotopic (exact) mass is 740 g/mol. The highest BCUT2D eigenvalue weighted by atomic mass is 16.3. The van der Waals surface area contributed by atoms with Crippen molar-refractivity contribution in [3.63, 3.8) is 0 Å². The zero-order valence-corrected chi connectivity index (χ0v) is 31.2. The van der Waals surface area contributed by atoms with Crippen molar-refractivity contribution < 1.29 is 4.42 Å². The van der Waals surface area contributed by atoms with Crippen LogP contribution >= 0.6 is 0 Å². The van der Waals surface area contributed by atoms with E-state index in [-0.39, 0.29) is 0 Å². The van der Waals surface area contributed by atoms with E-state index in [0.29, 0.717) is 17.5 Å². The third-order valence-electron chi connectivity index (χ3n) is 11.4. The van der Waals surface area contributed by atoms with Gasteiger partial charge in [-0.1, -0.05) is 140 Å². The molecule has 0 bridgehead atoms. The molecule has 0 aliphatic carbocycles. The lowest BCUT2D eigenvalue weighted by Gasteiger charge is -2.13. The standard InChI is InChI=1S/C53H32N4O/c1-3-14-33(15-4-1)51-54-52(34-16-5-2-6-17-34)56-53(55-51)36-18-13-19-38(28-36)57-47-24-11-9-22-41(47)45-29-35(26-27-48(45)57)43-30-37-31-46-42-23-10-12-25-49(42)58-50(46)32-44(37)40-21-8-7-20-39(40)43/h1-32H. The molecule has 0 N–H and O–H groups in total. The highest BCUT2D eigenvalue weighted by Crippen LogP contribution is 2.41. The molecule has 0 saturated heterocycles. The Morgan fingerprint density at radius 2 is 0.931 bits per heavy atom. The number of rotatable bonds is 5. The van der Waals surface area contributed by atoms with Crippen LogP contribution in [0.2, 0.25) is 0 Å². The van der Waals surface area contributed by atoms with Crippen LogP contribution in [-0.2, 0) is 0 Å².